The first-order valence-electron chi connectivity index (χ1n) is 7.29. The molecule has 114 valence electrons. The molecule has 6 nitrogen and oxygen atoms in total. The molecule has 0 spiro atoms. The van der Waals surface area contributed by atoms with Gasteiger partial charge in [-0.05, 0) is 25.7 Å². The van der Waals surface area contributed by atoms with Crippen LogP contribution in [0.15, 0.2) is 0 Å². The number of nitrogens with two attached hydrogens (primary N) is 1. The van der Waals surface area contributed by atoms with E-state index in [0.29, 0.717) is 38.6 Å². The molecule has 2 aliphatic rings. The minimum absolute atomic E-state index is 0.0306. The summed E-state index contributed by atoms with van der Waals surface area (Å²) < 4.78 is 4.97. The number of amides is 2. The Morgan fingerprint density at radius 2 is 2.25 bits per heavy atom. The van der Waals surface area contributed by atoms with Crippen LogP contribution in [0.4, 0.5) is 0 Å². The number of methoxy groups -OCH3 is 1. The van der Waals surface area contributed by atoms with Crippen LogP contribution in [0.1, 0.15) is 26.2 Å². The van der Waals surface area contributed by atoms with E-state index >= 15 is 0 Å². The second-order valence-electron chi connectivity index (χ2n) is 6.12. The van der Waals surface area contributed by atoms with Crippen molar-refractivity contribution < 1.29 is 14.3 Å². The monoisotopic (exact) mass is 283 g/mol. The lowest BCUT2D eigenvalue weighted by Crippen LogP contribution is -2.54. The first-order valence-corrected chi connectivity index (χ1v) is 7.29. The van der Waals surface area contributed by atoms with Gasteiger partial charge < -0.3 is 20.7 Å². The summed E-state index contributed by atoms with van der Waals surface area (Å²) >= 11 is 0. The van der Waals surface area contributed by atoms with Crippen LogP contribution in [-0.4, -0.2) is 55.6 Å². The topological polar surface area (TPSA) is 84.7 Å². The van der Waals surface area contributed by atoms with Gasteiger partial charge in [-0.1, -0.05) is 0 Å². The number of hydrogen-bond acceptors (Lipinski definition) is 4. The lowest BCUT2D eigenvalue weighted by molar-refractivity contribution is -0.129. The lowest BCUT2D eigenvalue weighted by atomic mass is 9.94. The Balaban J connectivity index is 1.88. The van der Waals surface area contributed by atoms with Crippen molar-refractivity contribution in [2.24, 2.45) is 17.6 Å². The molecule has 0 bridgehead atoms. The molecule has 2 rings (SSSR count). The van der Waals surface area contributed by atoms with Crippen molar-refractivity contribution in [2.45, 2.75) is 31.7 Å². The minimum atomic E-state index is -0.319. The second kappa shape index (κ2) is 6.10. The Hall–Kier alpha value is -1.14. The van der Waals surface area contributed by atoms with Gasteiger partial charge in [0.05, 0.1) is 18.1 Å². The third-order valence-electron chi connectivity index (χ3n) is 4.46. The van der Waals surface area contributed by atoms with E-state index in [1.54, 1.807) is 12.0 Å². The molecule has 1 aliphatic heterocycles. The summed E-state index contributed by atoms with van der Waals surface area (Å²) in [7, 11) is 1.60. The van der Waals surface area contributed by atoms with Crippen LogP contribution in [0.2, 0.25) is 0 Å². The molecule has 0 aromatic rings. The molecule has 0 aromatic carbocycles. The van der Waals surface area contributed by atoms with Gasteiger partial charge in [0.1, 0.15) is 0 Å². The molecule has 1 heterocycles. The van der Waals surface area contributed by atoms with Gasteiger partial charge in [0, 0.05) is 33.2 Å². The second-order valence-corrected chi connectivity index (χ2v) is 6.12. The average Bonchev–Trinajstić information content (AvgIpc) is 3.21. The molecule has 1 aliphatic carbocycles. The molecular formula is C14H25N3O3. The van der Waals surface area contributed by atoms with Crippen molar-refractivity contribution >= 4 is 11.8 Å². The summed E-state index contributed by atoms with van der Waals surface area (Å²) in [5.41, 5.74) is 5.49. The Labute approximate surface area is 120 Å². The molecule has 3 N–H and O–H groups in total. The number of nitrogens with one attached hydrogen (secondary N) is 1. The van der Waals surface area contributed by atoms with Crippen molar-refractivity contribution in [2.75, 3.05) is 33.4 Å². The first-order chi connectivity index (χ1) is 9.50. The number of carbonyl (C=O) groups excluding carboxylic acids is 2. The Kier molecular flexibility index (Phi) is 4.65. The highest BCUT2D eigenvalue weighted by molar-refractivity contribution is 5.89. The van der Waals surface area contributed by atoms with Gasteiger partial charge >= 0.3 is 0 Å². The van der Waals surface area contributed by atoms with Crippen LogP contribution >= 0.6 is 0 Å². The average molecular weight is 283 g/mol. The van der Waals surface area contributed by atoms with Crippen LogP contribution in [0, 0.1) is 11.8 Å². The van der Waals surface area contributed by atoms with Crippen LogP contribution in [0.25, 0.3) is 0 Å². The smallest absolute Gasteiger partial charge is 0.225 e. The molecule has 2 amide bonds. The zero-order valence-electron chi connectivity index (χ0n) is 12.4. The molecule has 20 heavy (non-hydrogen) atoms. The van der Waals surface area contributed by atoms with Crippen molar-refractivity contribution in [1.29, 1.82) is 0 Å². The third kappa shape index (κ3) is 3.30. The van der Waals surface area contributed by atoms with E-state index in [9.17, 15) is 9.59 Å². The SMILES string of the molecule is COCCN1CC(C(=O)NC(C)(CN)C2CC2)CC1=O. The van der Waals surface area contributed by atoms with E-state index in [0.717, 1.165) is 12.8 Å². The third-order valence-corrected chi connectivity index (χ3v) is 4.46. The molecule has 2 atom stereocenters. The maximum atomic E-state index is 12.3. The van der Waals surface area contributed by atoms with Crippen molar-refractivity contribution in [3.63, 3.8) is 0 Å². The highest BCUT2D eigenvalue weighted by Crippen LogP contribution is 2.39. The Morgan fingerprint density at radius 1 is 1.55 bits per heavy atom. The zero-order chi connectivity index (χ0) is 14.8. The van der Waals surface area contributed by atoms with Crippen LogP contribution in [-0.2, 0) is 14.3 Å². The highest BCUT2D eigenvalue weighted by atomic mass is 16.5. The number of ether oxygens (including phenoxy) is 1. The van der Waals surface area contributed by atoms with Crippen LogP contribution < -0.4 is 11.1 Å². The zero-order valence-corrected chi connectivity index (χ0v) is 12.4. The molecule has 0 aromatic heterocycles. The summed E-state index contributed by atoms with van der Waals surface area (Å²) in [5.74, 6) is 0.211. The summed E-state index contributed by atoms with van der Waals surface area (Å²) in [6.45, 7) is 3.98. The normalized spacial score (nSPS) is 25.6. The summed E-state index contributed by atoms with van der Waals surface area (Å²) in [6, 6.07) is 0. The number of likely N-dealkylation sites (tertiary alicyclic amines) is 1. The summed E-state index contributed by atoms with van der Waals surface area (Å²) in [4.78, 5) is 25.9. The van der Waals surface area contributed by atoms with Crippen molar-refractivity contribution in [3.8, 4) is 0 Å². The summed E-state index contributed by atoms with van der Waals surface area (Å²) in [5, 5.41) is 3.07. The van der Waals surface area contributed by atoms with Gasteiger partial charge in [-0.3, -0.25) is 9.59 Å². The van der Waals surface area contributed by atoms with Gasteiger partial charge in [-0.25, -0.2) is 0 Å². The molecule has 0 radical (unpaired) electrons. The van der Waals surface area contributed by atoms with Crippen LogP contribution in [0.5, 0.6) is 0 Å². The Bertz CT molecular complexity index is 384. The van der Waals surface area contributed by atoms with E-state index in [1.807, 2.05) is 6.92 Å². The van der Waals surface area contributed by atoms with Crippen molar-refractivity contribution in [3.05, 3.63) is 0 Å². The number of nitrogens with zero attached hydrogens (tertiary/aromatic N) is 1. The first kappa shape index (κ1) is 15.3. The van der Waals surface area contributed by atoms with E-state index < -0.39 is 0 Å². The van der Waals surface area contributed by atoms with E-state index in [2.05, 4.69) is 5.32 Å². The van der Waals surface area contributed by atoms with Gasteiger partial charge in [0.25, 0.3) is 0 Å². The molecule has 2 fully saturated rings. The molecule has 2 unspecified atom stereocenters. The predicted octanol–water partition coefficient (Wildman–Crippen LogP) is -0.275. The summed E-state index contributed by atoms with van der Waals surface area (Å²) in [6.07, 6.45) is 2.54. The minimum Gasteiger partial charge on any atom is -0.383 e. The van der Waals surface area contributed by atoms with Gasteiger partial charge in [-0.2, -0.15) is 0 Å². The van der Waals surface area contributed by atoms with E-state index in [4.69, 9.17) is 10.5 Å². The van der Waals surface area contributed by atoms with E-state index in [1.165, 1.54) is 0 Å². The maximum Gasteiger partial charge on any atom is 0.225 e. The molecule has 6 heteroatoms. The Morgan fingerprint density at radius 3 is 2.80 bits per heavy atom. The van der Waals surface area contributed by atoms with Gasteiger partial charge in [0.15, 0.2) is 0 Å². The number of carbonyl (C=O) groups is 2. The van der Waals surface area contributed by atoms with Crippen LogP contribution in [0.3, 0.4) is 0 Å². The molecular weight excluding hydrogens is 258 g/mol. The fourth-order valence-electron chi connectivity index (χ4n) is 2.79. The molecule has 1 saturated carbocycles. The standard InChI is InChI=1S/C14H25N3O3/c1-14(9-15,11-3-4-11)16-13(19)10-7-12(18)17(8-10)5-6-20-2/h10-11H,3-9,15H2,1-2H3,(H,16,19). The maximum absolute atomic E-state index is 12.3. The predicted molar refractivity (Wildman–Crippen MR) is 74.9 cm³/mol. The number of rotatable bonds is 7. The highest BCUT2D eigenvalue weighted by Gasteiger charge is 2.43. The van der Waals surface area contributed by atoms with E-state index in [-0.39, 0.29) is 23.3 Å². The largest absolute Gasteiger partial charge is 0.383 e. The van der Waals surface area contributed by atoms with Crippen molar-refractivity contribution in [1.82, 2.24) is 10.2 Å². The quantitative estimate of drug-likeness (QED) is 0.673. The lowest BCUT2D eigenvalue weighted by Gasteiger charge is -2.30. The fourth-order valence-corrected chi connectivity index (χ4v) is 2.79. The van der Waals surface area contributed by atoms with Gasteiger partial charge in [-0.15, -0.1) is 0 Å². The van der Waals surface area contributed by atoms with Gasteiger partial charge in [0.2, 0.25) is 11.8 Å². The fraction of sp³-hybridized carbons (Fsp3) is 0.857. The molecule has 1 saturated heterocycles. The number of hydrogen-bond donors (Lipinski definition) is 2.